The summed E-state index contributed by atoms with van der Waals surface area (Å²) in [4.78, 5) is 17.0. The highest BCUT2D eigenvalue weighted by molar-refractivity contribution is 6.01. The number of rotatable bonds is 5. The van der Waals surface area contributed by atoms with Crippen LogP contribution in [0.1, 0.15) is 36.0 Å². The summed E-state index contributed by atoms with van der Waals surface area (Å²) in [5.41, 5.74) is 8.22. The molecule has 2 N–H and O–H groups in total. The van der Waals surface area contributed by atoms with Gasteiger partial charge in [-0.1, -0.05) is 0 Å². The van der Waals surface area contributed by atoms with Gasteiger partial charge in [0.25, 0.3) is 5.91 Å². The molecule has 0 unspecified atom stereocenters. The number of nitrogens with two attached hydrogens (primary N) is 1. The van der Waals surface area contributed by atoms with Gasteiger partial charge in [0.05, 0.1) is 5.56 Å². The number of nitrogens with zero attached hydrogens (tertiary/aromatic N) is 2. The zero-order valence-electron chi connectivity index (χ0n) is 12.3. The maximum absolute atomic E-state index is 12.9. The van der Waals surface area contributed by atoms with Gasteiger partial charge in [0.2, 0.25) is 0 Å². The minimum atomic E-state index is 0.149. The van der Waals surface area contributed by atoms with Crippen molar-refractivity contribution in [3.05, 3.63) is 23.8 Å². The monoisotopic (exact) mass is 273 g/mol. The van der Waals surface area contributed by atoms with Crippen molar-refractivity contribution in [2.75, 3.05) is 31.3 Å². The topological polar surface area (TPSA) is 49.6 Å². The molecule has 4 nitrogen and oxygen atoms in total. The predicted octanol–water partition coefficient (Wildman–Crippen LogP) is 2.35. The molecule has 108 valence electrons. The number of carbonyl (C=O) groups excluding carboxylic acids is 1. The quantitative estimate of drug-likeness (QED) is 0.838. The maximum Gasteiger partial charge on any atom is 0.256 e. The van der Waals surface area contributed by atoms with E-state index in [1.165, 1.54) is 12.8 Å². The van der Waals surface area contributed by atoms with Gasteiger partial charge in [-0.2, -0.15) is 0 Å². The Hall–Kier alpha value is -1.71. The second-order valence-corrected chi connectivity index (χ2v) is 6.30. The molecule has 2 saturated carbocycles. The van der Waals surface area contributed by atoms with Crippen LogP contribution in [0, 0.1) is 5.92 Å². The standard InChI is InChI=1S/C16H23N3O/c1-18(2)15-8-5-12(17)9-14(15)16(20)19(13-6-7-13)10-11-3-4-11/h5,8-9,11,13H,3-4,6-7,10,17H2,1-2H3. The summed E-state index contributed by atoms with van der Waals surface area (Å²) in [6.07, 6.45) is 4.85. The molecule has 2 aliphatic carbocycles. The number of amides is 1. The van der Waals surface area contributed by atoms with Crippen LogP contribution in [-0.4, -0.2) is 37.5 Å². The first kappa shape index (κ1) is 13.3. The van der Waals surface area contributed by atoms with Gasteiger partial charge >= 0.3 is 0 Å². The lowest BCUT2D eigenvalue weighted by Crippen LogP contribution is -2.35. The van der Waals surface area contributed by atoms with Gasteiger partial charge in [-0.3, -0.25) is 4.79 Å². The third kappa shape index (κ3) is 2.74. The molecule has 20 heavy (non-hydrogen) atoms. The van der Waals surface area contributed by atoms with Crippen molar-refractivity contribution in [3.8, 4) is 0 Å². The van der Waals surface area contributed by atoms with Gasteiger partial charge in [0.15, 0.2) is 0 Å². The van der Waals surface area contributed by atoms with E-state index in [0.717, 1.165) is 36.6 Å². The van der Waals surface area contributed by atoms with Crippen molar-refractivity contribution in [2.45, 2.75) is 31.7 Å². The van der Waals surface area contributed by atoms with Crippen LogP contribution in [0.5, 0.6) is 0 Å². The van der Waals surface area contributed by atoms with Crippen LogP contribution in [0.3, 0.4) is 0 Å². The third-order valence-electron chi connectivity index (χ3n) is 4.13. The molecule has 4 heteroatoms. The van der Waals surface area contributed by atoms with Crippen LogP contribution < -0.4 is 10.6 Å². The summed E-state index contributed by atoms with van der Waals surface area (Å²) in [5, 5.41) is 0. The Kier molecular flexibility index (Phi) is 3.32. The SMILES string of the molecule is CN(C)c1ccc(N)cc1C(=O)N(CC1CC1)C1CC1. The lowest BCUT2D eigenvalue weighted by molar-refractivity contribution is 0.0735. The molecule has 0 heterocycles. The summed E-state index contributed by atoms with van der Waals surface area (Å²) in [6, 6.07) is 6.07. The molecule has 0 saturated heterocycles. The summed E-state index contributed by atoms with van der Waals surface area (Å²) in [6.45, 7) is 0.922. The largest absolute Gasteiger partial charge is 0.399 e. The Morgan fingerprint density at radius 2 is 1.95 bits per heavy atom. The molecular weight excluding hydrogens is 250 g/mol. The van der Waals surface area contributed by atoms with Gasteiger partial charge in [-0.25, -0.2) is 0 Å². The highest BCUT2D eigenvalue weighted by Gasteiger charge is 2.37. The summed E-state index contributed by atoms with van der Waals surface area (Å²) in [7, 11) is 3.93. The average molecular weight is 273 g/mol. The second-order valence-electron chi connectivity index (χ2n) is 6.30. The second kappa shape index (κ2) is 5.00. The molecular formula is C16H23N3O. The number of carbonyl (C=O) groups is 1. The molecule has 1 amide bonds. The average Bonchev–Trinajstić information content (AvgIpc) is 3.26. The predicted molar refractivity (Wildman–Crippen MR) is 82.0 cm³/mol. The summed E-state index contributed by atoms with van der Waals surface area (Å²) in [5.74, 6) is 0.874. The normalized spacial score (nSPS) is 17.9. The van der Waals surface area contributed by atoms with Gasteiger partial charge in [0.1, 0.15) is 0 Å². The summed E-state index contributed by atoms with van der Waals surface area (Å²) >= 11 is 0. The fourth-order valence-corrected chi connectivity index (χ4v) is 2.63. The molecule has 3 rings (SSSR count). The van der Waals surface area contributed by atoms with E-state index in [4.69, 9.17) is 5.73 Å². The highest BCUT2D eigenvalue weighted by atomic mass is 16.2. The van der Waals surface area contributed by atoms with Crippen molar-refractivity contribution >= 4 is 17.3 Å². The Bertz CT molecular complexity index is 518. The zero-order chi connectivity index (χ0) is 14.3. The molecule has 0 aliphatic heterocycles. The molecule has 0 atom stereocenters. The minimum absolute atomic E-state index is 0.149. The van der Waals surface area contributed by atoms with Crippen LogP contribution in [0.15, 0.2) is 18.2 Å². The fourth-order valence-electron chi connectivity index (χ4n) is 2.63. The molecule has 0 radical (unpaired) electrons. The van der Waals surface area contributed by atoms with E-state index in [-0.39, 0.29) is 5.91 Å². The zero-order valence-corrected chi connectivity index (χ0v) is 12.3. The van der Waals surface area contributed by atoms with Crippen LogP contribution in [-0.2, 0) is 0 Å². The number of benzene rings is 1. The lowest BCUT2D eigenvalue weighted by atomic mass is 10.1. The van der Waals surface area contributed by atoms with E-state index in [1.54, 1.807) is 0 Å². The molecule has 1 aromatic carbocycles. The van der Waals surface area contributed by atoms with Crippen molar-refractivity contribution < 1.29 is 4.79 Å². The van der Waals surface area contributed by atoms with Gasteiger partial charge in [-0.05, 0) is 49.8 Å². The van der Waals surface area contributed by atoms with Crippen LogP contribution in [0.4, 0.5) is 11.4 Å². The molecule has 0 aromatic heterocycles. The van der Waals surface area contributed by atoms with Crippen molar-refractivity contribution in [3.63, 3.8) is 0 Å². The Morgan fingerprint density at radius 3 is 2.50 bits per heavy atom. The van der Waals surface area contributed by atoms with Crippen molar-refractivity contribution in [2.24, 2.45) is 5.92 Å². The molecule has 0 bridgehead atoms. The van der Waals surface area contributed by atoms with Crippen molar-refractivity contribution in [1.29, 1.82) is 0 Å². The van der Waals surface area contributed by atoms with E-state index in [2.05, 4.69) is 4.90 Å². The maximum atomic E-state index is 12.9. The van der Waals surface area contributed by atoms with Crippen LogP contribution in [0.25, 0.3) is 0 Å². The Morgan fingerprint density at radius 1 is 1.25 bits per heavy atom. The van der Waals surface area contributed by atoms with Gasteiger partial charge < -0.3 is 15.5 Å². The van der Waals surface area contributed by atoms with E-state index in [0.29, 0.717) is 11.7 Å². The fraction of sp³-hybridized carbons (Fsp3) is 0.562. The molecule has 2 aliphatic rings. The van der Waals surface area contributed by atoms with E-state index >= 15 is 0 Å². The lowest BCUT2D eigenvalue weighted by Gasteiger charge is -2.25. The molecule has 0 spiro atoms. The van der Waals surface area contributed by atoms with E-state index in [1.807, 2.05) is 37.2 Å². The van der Waals surface area contributed by atoms with E-state index < -0.39 is 0 Å². The Balaban J connectivity index is 1.89. The third-order valence-corrected chi connectivity index (χ3v) is 4.13. The smallest absolute Gasteiger partial charge is 0.256 e. The van der Waals surface area contributed by atoms with Crippen LogP contribution >= 0.6 is 0 Å². The molecule has 1 aromatic rings. The highest BCUT2D eigenvalue weighted by Crippen LogP contribution is 2.36. The van der Waals surface area contributed by atoms with Gasteiger partial charge in [0, 0.05) is 38.1 Å². The van der Waals surface area contributed by atoms with Crippen LogP contribution in [0.2, 0.25) is 0 Å². The van der Waals surface area contributed by atoms with E-state index in [9.17, 15) is 4.79 Å². The first-order valence-corrected chi connectivity index (χ1v) is 7.44. The number of hydrogen-bond acceptors (Lipinski definition) is 3. The van der Waals surface area contributed by atoms with Gasteiger partial charge in [-0.15, -0.1) is 0 Å². The number of nitrogen functional groups attached to an aromatic ring is 1. The minimum Gasteiger partial charge on any atom is -0.399 e. The first-order valence-electron chi connectivity index (χ1n) is 7.44. The first-order chi connectivity index (χ1) is 9.56. The number of anilines is 2. The molecule has 2 fully saturated rings. The summed E-state index contributed by atoms with van der Waals surface area (Å²) < 4.78 is 0. The number of hydrogen-bond donors (Lipinski definition) is 1. The van der Waals surface area contributed by atoms with Crippen molar-refractivity contribution in [1.82, 2.24) is 4.90 Å². The Labute approximate surface area is 120 Å².